The molecule has 0 radical (unpaired) electrons. The predicted octanol–water partition coefficient (Wildman–Crippen LogP) is 3.86. The van der Waals surface area contributed by atoms with Gasteiger partial charge in [-0.25, -0.2) is 0 Å². The van der Waals surface area contributed by atoms with Gasteiger partial charge >= 0.3 is 0 Å². The summed E-state index contributed by atoms with van der Waals surface area (Å²) in [7, 11) is 2.00. The lowest BCUT2D eigenvalue weighted by atomic mass is 10.0. The summed E-state index contributed by atoms with van der Waals surface area (Å²) in [6.45, 7) is 3.24. The van der Waals surface area contributed by atoms with E-state index in [4.69, 9.17) is 0 Å². The van der Waals surface area contributed by atoms with Crippen LogP contribution in [0.1, 0.15) is 37.1 Å². The number of benzene rings is 1. The van der Waals surface area contributed by atoms with Gasteiger partial charge in [-0.3, -0.25) is 4.68 Å². The molecule has 0 fully saturated rings. The number of halogens is 1. The Labute approximate surface area is 129 Å². The predicted molar refractivity (Wildman–Crippen MR) is 86.7 cm³/mol. The molecule has 2 aromatic rings. The van der Waals surface area contributed by atoms with Crippen LogP contribution in [0.3, 0.4) is 0 Å². The van der Waals surface area contributed by atoms with Crippen molar-refractivity contribution >= 4 is 15.9 Å². The zero-order chi connectivity index (χ0) is 14.4. The molecular weight excluding hydrogens is 314 g/mol. The molecule has 20 heavy (non-hydrogen) atoms. The highest BCUT2D eigenvalue weighted by atomic mass is 79.9. The van der Waals surface area contributed by atoms with Crippen LogP contribution in [0.4, 0.5) is 0 Å². The summed E-state index contributed by atoms with van der Waals surface area (Å²) in [6.07, 6.45) is 5.11. The van der Waals surface area contributed by atoms with Crippen LogP contribution in [0.2, 0.25) is 0 Å². The fourth-order valence-corrected chi connectivity index (χ4v) is 2.94. The monoisotopic (exact) mass is 335 g/mol. The zero-order valence-corrected chi connectivity index (χ0v) is 13.7. The molecule has 0 amide bonds. The van der Waals surface area contributed by atoms with Crippen molar-refractivity contribution in [3.8, 4) is 0 Å². The lowest BCUT2D eigenvalue weighted by molar-refractivity contribution is 0.490. The fraction of sp³-hybridized carbons (Fsp3) is 0.438. The molecule has 0 aliphatic heterocycles. The van der Waals surface area contributed by atoms with Crippen LogP contribution in [-0.4, -0.2) is 16.3 Å². The van der Waals surface area contributed by atoms with Crippen molar-refractivity contribution in [1.29, 1.82) is 0 Å². The normalized spacial score (nSPS) is 12.6. The molecule has 1 aromatic carbocycles. The molecule has 0 spiro atoms. The molecule has 0 saturated heterocycles. The Balaban J connectivity index is 2.08. The Kier molecular flexibility index (Phi) is 5.80. The van der Waals surface area contributed by atoms with Gasteiger partial charge in [0, 0.05) is 29.5 Å². The summed E-state index contributed by atoms with van der Waals surface area (Å²) in [5.74, 6) is 0. The molecule has 1 unspecified atom stereocenters. The minimum atomic E-state index is 0.375. The van der Waals surface area contributed by atoms with Crippen LogP contribution in [-0.2, 0) is 13.5 Å². The Morgan fingerprint density at radius 3 is 2.75 bits per heavy atom. The molecule has 0 bridgehead atoms. The topological polar surface area (TPSA) is 29.9 Å². The van der Waals surface area contributed by atoms with Crippen LogP contribution in [0.25, 0.3) is 0 Å². The molecule has 1 atom stereocenters. The van der Waals surface area contributed by atoms with E-state index in [9.17, 15) is 0 Å². The average molecular weight is 336 g/mol. The number of rotatable bonds is 7. The third-order valence-corrected chi connectivity index (χ3v) is 4.26. The van der Waals surface area contributed by atoms with Crippen molar-refractivity contribution in [1.82, 2.24) is 15.1 Å². The number of aryl methyl sites for hydroxylation is 2. The number of hydrogen-bond donors (Lipinski definition) is 1. The van der Waals surface area contributed by atoms with Gasteiger partial charge < -0.3 is 5.32 Å². The summed E-state index contributed by atoms with van der Waals surface area (Å²) in [5, 5.41) is 7.88. The maximum Gasteiger partial charge on any atom is 0.0492 e. The van der Waals surface area contributed by atoms with Gasteiger partial charge in [-0.05, 0) is 43.5 Å². The standard InChI is InChI=1S/C16H22BrN3/c1-3-11-18-16(14-6-4-5-7-15(14)17)9-8-13-10-12-19-20(13)2/h4-7,10,12,16,18H,3,8-9,11H2,1-2H3. The van der Waals surface area contributed by atoms with E-state index in [0.717, 1.165) is 25.8 Å². The molecule has 1 heterocycles. The second kappa shape index (κ2) is 7.60. The van der Waals surface area contributed by atoms with E-state index < -0.39 is 0 Å². The molecule has 0 aliphatic carbocycles. The third kappa shape index (κ3) is 3.93. The number of nitrogens with zero attached hydrogens (tertiary/aromatic N) is 2. The van der Waals surface area contributed by atoms with E-state index in [2.05, 4.69) is 63.6 Å². The Hall–Kier alpha value is -1.13. The molecule has 108 valence electrons. The van der Waals surface area contributed by atoms with Crippen molar-refractivity contribution < 1.29 is 0 Å². The molecule has 0 aliphatic rings. The first-order valence-electron chi connectivity index (χ1n) is 7.17. The molecule has 4 heteroatoms. The molecular formula is C16H22BrN3. The number of aromatic nitrogens is 2. The van der Waals surface area contributed by atoms with Crippen molar-refractivity contribution in [2.45, 2.75) is 32.2 Å². The fourth-order valence-electron chi connectivity index (χ4n) is 2.38. The van der Waals surface area contributed by atoms with Crippen LogP contribution in [0.5, 0.6) is 0 Å². The largest absolute Gasteiger partial charge is 0.310 e. The van der Waals surface area contributed by atoms with Gasteiger partial charge in [0.15, 0.2) is 0 Å². The minimum Gasteiger partial charge on any atom is -0.310 e. The molecule has 3 nitrogen and oxygen atoms in total. The number of hydrogen-bond acceptors (Lipinski definition) is 2. The van der Waals surface area contributed by atoms with Crippen molar-refractivity contribution in [2.75, 3.05) is 6.54 Å². The Bertz CT molecular complexity index is 536. The molecule has 0 saturated carbocycles. The lowest BCUT2D eigenvalue weighted by Crippen LogP contribution is -2.23. The van der Waals surface area contributed by atoms with Gasteiger partial charge in [0.1, 0.15) is 0 Å². The smallest absolute Gasteiger partial charge is 0.0492 e. The second-order valence-corrected chi connectivity index (χ2v) is 5.87. The van der Waals surface area contributed by atoms with Crippen LogP contribution in [0.15, 0.2) is 41.0 Å². The Morgan fingerprint density at radius 2 is 2.10 bits per heavy atom. The molecule has 1 aromatic heterocycles. The van der Waals surface area contributed by atoms with Gasteiger partial charge in [-0.1, -0.05) is 41.1 Å². The first-order chi connectivity index (χ1) is 9.72. The van der Waals surface area contributed by atoms with E-state index in [1.807, 2.05) is 17.9 Å². The van der Waals surface area contributed by atoms with Gasteiger partial charge in [-0.15, -0.1) is 0 Å². The average Bonchev–Trinajstić information content (AvgIpc) is 2.86. The van der Waals surface area contributed by atoms with Gasteiger partial charge in [0.05, 0.1) is 0 Å². The van der Waals surface area contributed by atoms with Crippen LogP contribution >= 0.6 is 15.9 Å². The summed E-state index contributed by atoms with van der Waals surface area (Å²) < 4.78 is 3.13. The summed E-state index contributed by atoms with van der Waals surface area (Å²) in [5.41, 5.74) is 2.61. The van der Waals surface area contributed by atoms with E-state index >= 15 is 0 Å². The molecule has 1 N–H and O–H groups in total. The zero-order valence-electron chi connectivity index (χ0n) is 12.1. The number of nitrogens with one attached hydrogen (secondary N) is 1. The maximum absolute atomic E-state index is 4.23. The van der Waals surface area contributed by atoms with E-state index in [-0.39, 0.29) is 0 Å². The van der Waals surface area contributed by atoms with Gasteiger partial charge in [0.2, 0.25) is 0 Å². The minimum absolute atomic E-state index is 0.375. The first-order valence-corrected chi connectivity index (χ1v) is 7.96. The third-order valence-electron chi connectivity index (χ3n) is 3.53. The SMILES string of the molecule is CCCNC(CCc1ccnn1C)c1ccccc1Br. The highest BCUT2D eigenvalue weighted by Crippen LogP contribution is 2.26. The van der Waals surface area contributed by atoms with Gasteiger partial charge in [0.25, 0.3) is 0 Å². The summed E-state index contributed by atoms with van der Waals surface area (Å²) in [6, 6.07) is 10.9. The highest BCUT2D eigenvalue weighted by molar-refractivity contribution is 9.10. The lowest BCUT2D eigenvalue weighted by Gasteiger charge is -2.20. The van der Waals surface area contributed by atoms with Crippen molar-refractivity contribution in [3.05, 3.63) is 52.3 Å². The summed E-state index contributed by atoms with van der Waals surface area (Å²) >= 11 is 3.66. The quantitative estimate of drug-likeness (QED) is 0.832. The first kappa shape index (κ1) is 15.3. The highest BCUT2D eigenvalue weighted by Gasteiger charge is 2.14. The van der Waals surface area contributed by atoms with Crippen LogP contribution in [0, 0.1) is 0 Å². The van der Waals surface area contributed by atoms with E-state index in [1.54, 1.807) is 0 Å². The van der Waals surface area contributed by atoms with E-state index in [0.29, 0.717) is 6.04 Å². The van der Waals surface area contributed by atoms with E-state index in [1.165, 1.54) is 15.7 Å². The van der Waals surface area contributed by atoms with Crippen molar-refractivity contribution in [2.24, 2.45) is 7.05 Å². The molecule has 2 rings (SSSR count). The second-order valence-electron chi connectivity index (χ2n) is 5.01. The summed E-state index contributed by atoms with van der Waals surface area (Å²) in [4.78, 5) is 0. The Morgan fingerprint density at radius 1 is 1.30 bits per heavy atom. The maximum atomic E-state index is 4.23. The van der Waals surface area contributed by atoms with Crippen LogP contribution < -0.4 is 5.32 Å². The van der Waals surface area contributed by atoms with Crippen molar-refractivity contribution in [3.63, 3.8) is 0 Å². The van der Waals surface area contributed by atoms with Gasteiger partial charge in [-0.2, -0.15) is 5.10 Å².